The molecule has 31 heavy (non-hydrogen) atoms. The zero-order chi connectivity index (χ0) is 21.9. The second-order valence-electron chi connectivity index (χ2n) is 8.14. The summed E-state index contributed by atoms with van der Waals surface area (Å²) in [5.74, 6) is 0.524. The lowest BCUT2D eigenvalue weighted by Gasteiger charge is -2.27. The third-order valence-corrected chi connectivity index (χ3v) is 5.68. The maximum Gasteiger partial charge on any atom is 0.255 e. The molecule has 1 aliphatic rings. The molecule has 0 aliphatic carbocycles. The van der Waals surface area contributed by atoms with Gasteiger partial charge in [0.05, 0.1) is 17.9 Å². The molecule has 2 aromatic rings. The van der Waals surface area contributed by atoms with Crippen molar-refractivity contribution in [1.29, 1.82) is 0 Å². The SMILES string of the molecule is CCCCCCCOc1ccc(C(=O)Nc2ccccc2C(=O)N2CCCCC2)cc1. The van der Waals surface area contributed by atoms with Crippen LogP contribution in [-0.4, -0.2) is 36.4 Å². The lowest BCUT2D eigenvalue weighted by atomic mass is 10.1. The fraction of sp³-hybridized carbons (Fsp3) is 0.462. The Kier molecular flexibility index (Phi) is 8.95. The summed E-state index contributed by atoms with van der Waals surface area (Å²) in [4.78, 5) is 27.6. The monoisotopic (exact) mass is 422 g/mol. The van der Waals surface area contributed by atoms with Crippen molar-refractivity contribution < 1.29 is 14.3 Å². The molecule has 1 aliphatic heterocycles. The minimum absolute atomic E-state index is 0.0155. The number of hydrogen-bond acceptors (Lipinski definition) is 3. The van der Waals surface area contributed by atoms with Crippen LogP contribution in [0.4, 0.5) is 5.69 Å². The van der Waals surface area contributed by atoms with Crippen LogP contribution in [0.3, 0.4) is 0 Å². The Hall–Kier alpha value is -2.82. The fourth-order valence-corrected chi connectivity index (χ4v) is 3.84. The molecule has 1 saturated heterocycles. The number of unbranched alkanes of at least 4 members (excludes halogenated alkanes) is 4. The Bertz CT molecular complexity index is 842. The van der Waals surface area contributed by atoms with Crippen molar-refractivity contribution in [2.75, 3.05) is 25.0 Å². The molecule has 0 atom stereocenters. The third kappa shape index (κ3) is 6.84. The van der Waals surface area contributed by atoms with Crippen molar-refractivity contribution in [1.82, 2.24) is 4.90 Å². The molecule has 2 amide bonds. The molecule has 0 radical (unpaired) electrons. The van der Waals surface area contributed by atoms with E-state index in [4.69, 9.17) is 4.74 Å². The average molecular weight is 423 g/mol. The van der Waals surface area contributed by atoms with Crippen LogP contribution in [0.5, 0.6) is 5.75 Å². The first-order valence-corrected chi connectivity index (χ1v) is 11.6. The first-order chi connectivity index (χ1) is 15.2. The van der Waals surface area contributed by atoms with E-state index < -0.39 is 0 Å². The number of hydrogen-bond donors (Lipinski definition) is 1. The number of para-hydroxylation sites is 1. The summed E-state index contributed by atoms with van der Waals surface area (Å²) < 4.78 is 5.78. The molecule has 0 saturated carbocycles. The van der Waals surface area contributed by atoms with Gasteiger partial charge in [0.1, 0.15) is 5.75 Å². The van der Waals surface area contributed by atoms with Gasteiger partial charge in [-0.1, -0.05) is 44.7 Å². The van der Waals surface area contributed by atoms with Gasteiger partial charge < -0.3 is 15.0 Å². The standard InChI is InChI=1S/C26H34N2O3/c1-2-3-4-5-11-20-31-22-16-14-21(15-17-22)25(29)27-24-13-8-7-12-23(24)26(30)28-18-9-6-10-19-28/h7-8,12-17H,2-6,9-11,18-20H2,1H3,(H,27,29). The van der Waals surface area contributed by atoms with E-state index in [-0.39, 0.29) is 11.8 Å². The number of piperidine rings is 1. The number of anilines is 1. The van der Waals surface area contributed by atoms with Crippen LogP contribution in [0.25, 0.3) is 0 Å². The highest BCUT2D eigenvalue weighted by atomic mass is 16.5. The van der Waals surface area contributed by atoms with Crippen LogP contribution in [0.15, 0.2) is 48.5 Å². The third-order valence-electron chi connectivity index (χ3n) is 5.68. The molecule has 1 heterocycles. The molecule has 1 N–H and O–H groups in total. The minimum atomic E-state index is -0.231. The molecule has 166 valence electrons. The van der Waals surface area contributed by atoms with E-state index in [1.807, 2.05) is 29.2 Å². The number of nitrogens with one attached hydrogen (secondary N) is 1. The van der Waals surface area contributed by atoms with E-state index in [0.717, 1.165) is 38.1 Å². The Balaban J connectivity index is 1.56. The van der Waals surface area contributed by atoms with Gasteiger partial charge in [-0.05, 0) is 62.1 Å². The summed E-state index contributed by atoms with van der Waals surface area (Å²) in [6, 6.07) is 14.4. The largest absolute Gasteiger partial charge is 0.494 e. The number of nitrogens with zero attached hydrogens (tertiary/aromatic N) is 1. The topological polar surface area (TPSA) is 58.6 Å². The smallest absolute Gasteiger partial charge is 0.255 e. The van der Waals surface area contributed by atoms with Crippen LogP contribution < -0.4 is 10.1 Å². The minimum Gasteiger partial charge on any atom is -0.494 e. The molecule has 0 aromatic heterocycles. The summed E-state index contributed by atoms with van der Waals surface area (Å²) in [5, 5.41) is 2.91. The van der Waals surface area contributed by atoms with Crippen LogP contribution in [0.1, 0.15) is 79.0 Å². The van der Waals surface area contributed by atoms with Gasteiger partial charge in [0.15, 0.2) is 0 Å². The fourth-order valence-electron chi connectivity index (χ4n) is 3.84. The quantitative estimate of drug-likeness (QED) is 0.484. The predicted octanol–water partition coefficient (Wildman–Crippen LogP) is 5.91. The predicted molar refractivity (Wildman–Crippen MR) is 125 cm³/mol. The molecular weight excluding hydrogens is 388 g/mol. The van der Waals surface area contributed by atoms with Crippen LogP contribution >= 0.6 is 0 Å². The van der Waals surface area contributed by atoms with E-state index in [2.05, 4.69) is 12.2 Å². The van der Waals surface area contributed by atoms with Gasteiger partial charge in [-0.2, -0.15) is 0 Å². The molecule has 0 spiro atoms. The molecule has 1 fully saturated rings. The molecular formula is C26H34N2O3. The van der Waals surface area contributed by atoms with Crippen LogP contribution in [0, 0.1) is 0 Å². The highest BCUT2D eigenvalue weighted by Crippen LogP contribution is 2.21. The summed E-state index contributed by atoms with van der Waals surface area (Å²) in [5.41, 5.74) is 1.63. The van der Waals surface area contributed by atoms with Gasteiger partial charge in [0.25, 0.3) is 11.8 Å². The number of likely N-dealkylation sites (tertiary alicyclic amines) is 1. The number of rotatable bonds is 10. The summed E-state index contributed by atoms with van der Waals surface area (Å²) in [6.45, 7) is 4.46. The molecule has 0 unspecified atom stereocenters. The van der Waals surface area contributed by atoms with E-state index in [1.165, 1.54) is 32.1 Å². The maximum absolute atomic E-state index is 12.9. The Morgan fingerprint density at radius 2 is 1.61 bits per heavy atom. The van der Waals surface area contributed by atoms with Crippen molar-refractivity contribution in [2.24, 2.45) is 0 Å². The van der Waals surface area contributed by atoms with E-state index >= 15 is 0 Å². The number of carbonyl (C=O) groups excluding carboxylic acids is 2. The zero-order valence-corrected chi connectivity index (χ0v) is 18.6. The first-order valence-electron chi connectivity index (χ1n) is 11.6. The van der Waals surface area contributed by atoms with Crippen molar-refractivity contribution in [2.45, 2.75) is 58.3 Å². The van der Waals surface area contributed by atoms with Gasteiger partial charge in [0, 0.05) is 18.7 Å². The van der Waals surface area contributed by atoms with Gasteiger partial charge in [-0.3, -0.25) is 9.59 Å². The van der Waals surface area contributed by atoms with Gasteiger partial charge >= 0.3 is 0 Å². The van der Waals surface area contributed by atoms with Crippen LogP contribution in [-0.2, 0) is 0 Å². The second-order valence-corrected chi connectivity index (χ2v) is 8.14. The van der Waals surface area contributed by atoms with Gasteiger partial charge in [-0.25, -0.2) is 0 Å². The summed E-state index contributed by atoms with van der Waals surface area (Å²) in [7, 11) is 0. The van der Waals surface area contributed by atoms with Gasteiger partial charge in [0.2, 0.25) is 0 Å². The molecule has 3 rings (SSSR count). The number of carbonyl (C=O) groups is 2. The second kappa shape index (κ2) is 12.1. The zero-order valence-electron chi connectivity index (χ0n) is 18.6. The summed E-state index contributed by atoms with van der Waals surface area (Å²) in [6.07, 6.45) is 9.23. The van der Waals surface area contributed by atoms with Crippen molar-refractivity contribution >= 4 is 17.5 Å². The molecule has 5 nitrogen and oxygen atoms in total. The molecule has 2 aromatic carbocycles. The number of benzene rings is 2. The van der Waals surface area contributed by atoms with Crippen LogP contribution in [0.2, 0.25) is 0 Å². The Morgan fingerprint density at radius 1 is 0.903 bits per heavy atom. The Morgan fingerprint density at radius 3 is 2.35 bits per heavy atom. The van der Waals surface area contributed by atoms with Gasteiger partial charge in [-0.15, -0.1) is 0 Å². The number of amides is 2. The molecule has 5 heteroatoms. The number of ether oxygens (including phenoxy) is 1. The maximum atomic E-state index is 12.9. The van der Waals surface area contributed by atoms with Crippen molar-refractivity contribution in [3.05, 3.63) is 59.7 Å². The normalized spacial score (nSPS) is 13.6. The van der Waals surface area contributed by atoms with E-state index in [0.29, 0.717) is 23.4 Å². The highest BCUT2D eigenvalue weighted by molar-refractivity contribution is 6.09. The van der Waals surface area contributed by atoms with E-state index in [9.17, 15) is 9.59 Å². The van der Waals surface area contributed by atoms with Crippen molar-refractivity contribution in [3.63, 3.8) is 0 Å². The van der Waals surface area contributed by atoms with E-state index in [1.54, 1.807) is 24.3 Å². The Labute approximate surface area is 185 Å². The highest BCUT2D eigenvalue weighted by Gasteiger charge is 2.21. The lowest BCUT2D eigenvalue weighted by molar-refractivity contribution is 0.0725. The first kappa shape index (κ1) is 22.9. The van der Waals surface area contributed by atoms with Crippen molar-refractivity contribution in [3.8, 4) is 5.75 Å². The molecule has 0 bridgehead atoms. The lowest BCUT2D eigenvalue weighted by Crippen LogP contribution is -2.36. The average Bonchev–Trinajstić information content (AvgIpc) is 2.82. The summed E-state index contributed by atoms with van der Waals surface area (Å²) >= 11 is 0.